The van der Waals surface area contributed by atoms with Gasteiger partial charge in [0, 0.05) is 53.5 Å². The number of anilines is 1. The normalized spacial score (nSPS) is 21.4. The smallest absolute Gasteiger partial charge is 0.168 e. The van der Waals surface area contributed by atoms with E-state index in [0.29, 0.717) is 6.42 Å². The highest BCUT2D eigenvalue weighted by Gasteiger charge is 2.24. The summed E-state index contributed by atoms with van der Waals surface area (Å²) in [6.07, 6.45) is 44.4. The van der Waals surface area contributed by atoms with Gasteiger partial charge in [-0.3, -0.25) is 4.79 Å². The summed E-state index contributed by atoms with van der Waals surface area (Å²) < 4.78 is 2.53. The number of unbranched alkanes of at least 4 members (excludes halogenated alkanes) is 2. The van der Waals surface area contributed by atoms with Crippen LogP contribution in [0.4, 0.5) is 5.69 Å². The zero-order valence-electron chi connectivity index (χ0n) is 27.8. The first-order valence-corrected chi connectivity index (χ1v) is 17.9. The molecule has 2 aliphatic heterocycles. The highest BCUT2D eigenvalue weighted by molar-refractivity contribution is 8.03. The van der Waals surface area contributed by atoms with Crippen LogP contribution in [0.5, 0.6) is 0 Å². The van der Waals surface area contributed by atoms with Crippen molar-refractivity contribution < 1.29 is 4.79 Å². The third kappa shape index (κ3) is 8.36. The van der Waals surface area contributed by atoms with Crippen LogP contribution >= 0.6 is 11.8 Å². The van der Waals surface area contributed by atoms with Gasteiger partial charge in [-0.2, -0.15) is 0 Å². The number of ketones is 1. The van der Waals surface area contributed by atoms with E-state index in [2.05, 4.69) is 145 Å². The van der Waals surface area contributed by atoms with E-state index in [0.717, 1.165) is 59.8 Å². The van der Waals surface area contributed by atoms with Gasteiger partial charge >= 0.3 is 0 Å². The summed E-state index contributed by atoms with van der Waals surface area (Å²) in [6.45, 7) is 5.97. The molecule has 0 spiro atoms. The zero-order chi connectivity index (χ0) is 32.4. The van der Waals surface area contributed by atoms with Crippen LogP contribution in [-0.4, -0.2) is 22.9 Å². The molecule has 1 unspecified atom stereocenters. The van der Waals surface area contributed by atoms with E-state index in [9.17, 15) is 4.79 Å². The predicted octanol–water partition coefficient (Wildman–Crippen LogP) is 10.9. The van der Waals surface area contributed by atoms with Crippen molar-refractivity contribution in [2.75, 3.05) is 11.4 Å². The van der Waals surface area contributed by atoms with Gasteiger partial charge in [0.2, 0.25) is 0 Å². The third-order valence-corrected chi connectivity index (χ3v) is 10.2. The number of hydrogen-bond donors (Lipinski definition) is 0. The van der Waals surface area contributed by atoms with E-state index in [-0.39, 0.29) is 11.8 Å². The molecular weight excluding hydrogens is 593 g/mol. The van der Waals surface area contributed by atoms with Crippen molar-refractivity contribution in [1.29, 1.82) is 0 Å². The first-order chi connectivity index (χ1) is 23.1. The molecule has 0 saturated carbocycles. The maximum absolute atomic E-state index is 13.3. The molecule has 2 bridgehead atoms. The molecule has 0 fully saturated rings. The highest BCUT2D eigenvalue weighted by atomic mass is 32.2. The molecule has 1 atom stereocenters. The van der Waals surface area contributed by atoms with Crippen molar-refractivity contribution >= 4 is 29.3 Å². The van der Waals surface area contributed by atoms with Crippen LogP contribution in [0, 0.1) is 0 Å². The second-order valence-corrected chi connectivity index (χ2v) is 13.8. The number of nitrogens with zero attached hydrogens (tertiary/aromatic N) is 2. The lowest BCUT2D eigenvalue weighted by Gasteiger charge is -2.31. The highest BCUT2D eigenvalue weighted by Crippen LogP contribution is 2.40. The Morgan fingerprint density at radius 2 is 1.83 bits per heavy atom. The lowest BCUT2D eigenvalue weighted by molar-refractivity contribution is 0.0990. The molecular formula is C43H46N2OS. The molecule has 3 heterocycles. The Hall–Kier alpha value is -4.28. The number of carbonyl (C=O) groups excluding carboxylic acids is 1. The van der Waals surface area contributed by atoms with Crippen molar-refractivity contribution in [1.82, 2.24) is 4.57 Å². The Bertz CT molecular complexity index is 1780. The number of hydrogen-bond acceptors (Lipinski definition) is 3. The minimum atomic E-state index is 0.145. The van der Waals surface area contributed by atoms with Crippen molar-refractivity contribution in [3.05, 3.63) is 160 Å². The number of Topliss-reactive ketones (excluding diaryl/α,β-unsaturated/α-hetero) is 1. The topological polar surface area (TPSA) is 25.2 Å². The van der Waals surface area contributed by atoms with Gasteiger partial charge in [-0.25, -0.2) is 0 Å². The Morgan fingerprint density at radius 3 is 2.74 bits per heavy atom. The van der Waals surface area contributed by atoms with Gasteiger partial charge in [0.05, 0.1) is 6.04 Å². The first-order valence-electron chi connectivity index (χ1n) is 17.1. The Kier molecular flexibility index (Phi) is 11.1. The molecule has 0 amide bonds. The second-order valence-electron chi connectivity index (χ2n) is 12.6. The third-order valence-electron chi connectivity index (χ3n) is 9.10. The van der Waals surface area contributed by atoms with Gasteiger partial charge in [-0.05, 0) is 86.3 Å². The molecule has 0 radical (unpaired) electrons. The number of thioether (sulfide) groups is 1. The monoisotopic (exact) mass is 638 g/mol. The molecule has 4 aliphatic rings. The fourth-order valence-electron chi connectivity index (χ4n) is 6.62. The quantitative estimate of drug-likeness (QED) is 0.202. The minimum Gasteiger partial charge on any atom is -0.358 e. The molecule has 0 N–H and O–H groups in total. The molecule has 2 aliphatic carbocycles. The lowest BCUT2D eigenvalue weighted by Crippen LogP contribution is -2.33. The molecule has 6 rings (SSSR count). The fraction of sp³-hybridized carbons (Fsp3) is 0.279. The molecule has 0 saturated heterocycles. The Labute approximate surface area is 285 Å². The van der Waals surface area contributed by atoms with Gasteiger partial charge < -0.3 is 9.47 Å². The average Bonchev–Trinajstić information content (AvgIpc) is 3.24. The van der Waals surface area contributed by atoms with E-state index in [1.54, 1.807) is 11.8 Å². The van der Waals surface area contributed by atoms with Crippen molar-refractivity contribution in [3.63, 3.8) is 0 Å². The zero-order valence-corrected chi connectivity index (χ0v) is 28.6. The van der Waals surface area contributed by atoms with E-state index >= 15 is 0 Å². The Morgan fingerprint density at radius 1 is 0.979 bits per heavy atom. The van der Waals surface area contributed by atoms with Crippen molar-refractivity contribution in [2.24, 2.45) is 0 Å². The van der Waals surface area contributed by atoms with Gasteiger partial charge in [-0.1, -0.05) is 121 Å². The average molecular weight is 639 g/mol. The predicted molar refractivity (Wildman–Crippen MR) is 202 cm³/mol. The largest absolute Gasteiger partial charge is 0.358 e. The van der Waals surface area contributed by atoms with Gasteiger partial charge in [0.25, 0.3) is 0 Å². The standard InChI is InChI=1S/C43H46N2OS/c1-3-4-5-6-12-20-37-29-35-19-11-9-13-22-41(35)45(37)32-33(2)23-25-39-31-42(46)40-26-24-38(30-43(40)47-39)44-27-16-8-7-10-17-34-18-14-15-21-36(44)28-34/h3-4,7-11,13-16,18-19,21,23-26,28-30,36H,5-6,12,17,20,22,27,31-32H2,1-2H3/b4-3-,10-7-,16-8-,33-23+,39-25+. The number of benzene rings is 1. The maximum atomic E-state index is 13.3. The summed E-state index contributed by atoms with van der Waals surface area (Å²) >= 11 is 1.74. The number of carbonyl (C=O) groups is 1. The number of aromatic nitrogens is 1. The summed E-state index contributed by atoms with van der Waals surface area (Å²) in [5.41, 5.74) is 8.72. The molecule has 1 aromatic carbocycles. The summed E-state index contributed by atoms with van der Waals surface area (Å²) in [5, 5.41) is 0. The van der Waals surface area contributed by atoms with Crippen LogP contribution < -0.4 is 4.90 Å². The van der Waals surface area contributed by atoms with Crippen LogP contribution in [0.2, 0.25) is 0 Å². The van der Waals surface area contributed by atoms with E-state index in [1.165, 1.54) is 40.9 Å². The van der Waals surface area contributed by atoms with Gasteiger partial charge in [-0.15, -0.1) is 0 Å². The summed E-state index contributed by atoms with van der Waals surface area (Å²) in [4.78, 5) is 17.9. The number of aryl methyl sites for hydroxylation is 1. The lowest BCUT2D eigenvalue weighted by atomic mass is 10.0. The SMILES string of the molecule is C/C=C\CCCCc1cc2c(n1C/C(C)=C/C=C1\CC(=O)c3ccc(N4C/C=C\C=C/CC5=CC4C=CC=C5)cc3S1)CC=CC=C2. The molecule has 240 valence electrons. The number of rotatable bonds is 9. The van der Waals surface area contributed by atoms with E-state index in [1.807, 2.05) is 6.07 Å². The van der Waals surface area contributed by atoms with Gasteiger partial charge in [0.15, 0.2) is 5.78 Å². The van der Waals surface area contributed by atoms with E-state index in [4.69, 9.17) is 0 Å². The Balaban J connectivity index is 1.21. The van der Waals surface area contributed by atoms with Crippen LogP contribution in [0.1, 0.15) is 73.3 Å². The maximum Gasteiger partial charge on any atom is 0.168 e. The van der Waals surface area contributed by atoms with Crippen LogP contribution in [-0.2, 0) is 19.4 Å². The van der Waals surface area contributed by atoms with Crippen LogP contribution in [0.3, 0.4) is 0 Å². The number of allylic oxidation sites excluding steroid dienone is 16. The molecule has 4 heteroatoms. The van der Waals surface area contributed by atoms with Crippen LogP contribution in [0.15, 0.2) is 142 Å². The van der Waals surface area contributed by atoms with Crippen molar-refractivity contribution in [2.45, 2.75) is 76.3 Å². The summed E-state index contributed by atoms with van der Waals surface area (Å²) in [5.74, 6) is 0.198. The summed E-state index contributed by atoms with van der Waals surface area (Å²) in [6, 6.07) is 8.91. The molecule has 47 heavy (non-hydrogen) atoms. The van der Waals surface area contributed by atoms with Crippen molar-refractivity contribution in [3.8, 4) is 0 Å². The first kappa shape index (κ1) is 32.7. The minimum absolute atomic E-state index is 0.145. The summed E-state index contributed by atoms with van der Waals surface area (Å²) in [7, 11) is 0. The fourth-order valence-corrected chi connectivity index (χ4v) is 7.71. The number of fused-ring (bicyclic) bond motifs is 3. The van der Waals surface area contributed by atoms with E-state index < -0.39 is 0 Å². The van der Waals surface area contributed by atoms with Crippen LogP contribution in [0.25, 0.3) is 6.08 Å². The molecule has 3 nitrogen and oxygen atoms in total. The van der Waals surface area contributed by atoms with Gasteiger partial charge in [0.1, 0.15) is 0 Å². The molecule has 1 aromatic heterocycles. The second kappa shape index (κ2) is 16.0. The molecule has 2 aromatic rings.